The van der Waals surface area contributed by atoms with Crippen LogP contribution in [0.5, 0.6) is 11.5 Å². The molecule has 2 aromatic carbocycles. The van der Waals surface area contributed by atoms with E-state index < -0.39 is 0 Å². The van der Waals surface area contributed by atoms with E-state index in [2.05, 4.69) is 24.4 Å². The molecule has 0 saturated heterocycles. The number of ether oxygens (including phenoxy) is 1. The Labute approximate surface area is 125 Å². The van der Waals surface area contributed by atoms with Crippen molar-refractivity contribution in [2.45, 2.75) is 31.8 Å². The van der Waals surface area contributed by atoms with Gasteiger partial charge in [-0.2, -0.15) is 0 Å². The number of hydrogen-bond acceptors (Lipinski definition) is 3. The number of phenols is 1. The van der Waals surface area contributed by atoms with Crippen molar-refractivity contribution in [2.75, 3.05) is 7.11 Å². The molecule has 0 spiro atoms. The van der Waals surface area contributed by atoms with Gasteiger partial charge in [-0.3, -0.25) is 0 Å². The number of fused-ring (bicyclic) bond motifs is 1. The molecule has 1 aliphatic rings. The minimum absolute atomic E-state index is 0.194. The summed E-state index contributed by atoms with van der Waals surface area (Å²) in [4.78, 5) is 0. The molecule has 2 unspecified atom stereocenters. The van der Waals surface area contributed by atoms with Crippen LogP contribution in [-0.2, 0) is 6.42 Å². The largest absolute Gasteiger partial charge is 0.508 e. The lowest BCUT2D eigenvalue weighted by atomic mass is 10.0. The van der Waals surface area contributed by atoms with Crippen molar-refractivity contribution in [3.63, 3.8) is 0 Å². The summed E-state index contributed by atoms with van der Waals surface area (Å²) in [5.41, 5.74) is 3.47. The summed E-state index contributed by atoms with van der Waals surface area (Å²) in [5, 5.41) is 13.6. The Balaban J connectivity index is 1.81. The van der Waals surface area contributed by atoms with Crippen LogP contribution in [0.15, 0.2) is 42.5 Å². The van der Waals surface area contributed by atoms with Crippen molar-refractivity contribution in [1.82, 2.24) is 5.32 Å². The fraction of sp³-hybridized carbons (Fsp3) is 0.333. The quantitative estimate of drug-likeness (QED) is 0.898. The van der Waals surface area contributed by atoms with Gasteiger partial charge in [0.15, 0.2) is 0 Å². The molecule has 0 aromatic heterocycles. The third kappa shape index (κ3) is 2.61. The molecule has 3 rings (SSSR count). The van der Waals surface area contributed by atoms with Gasteiger partial charge in [-0.25, -0.2) is 0 Å². The van der Waals surface area contributed by atoms with E-state index in [1.54, 1.807) is 13.2 Å². The lowest BCUT2D eigenvalue weighted by Gasteiger charge is -2.22. The number of benzene rings is 2. The fourth-order valence-electron chi connectivity index (χ4n) is 3.22. The van der Waals surface area contributed by atoms with Crippen LogP contribution in [0.2, 0.25) is 0 Å². The summed E-state index contributed by atoms with van der Waals surface area (Å²) < 4.78 is 5.44. The first-order valence-electron chi connectivity index (χ1n) is 7.40. The molecule has 2 N–H and O–H groups in total. The fourth-order valence-corrected chi connectivity index (χ4v) is 3.22. The van der Waals surface area contributed by atoms with Crippen LogP contribution >= 0.6 is 0 Å². The van der Waals surface area contributed by atoms with E-state index in [0.717, 1.165) is 29.7 Å². The Kier molecular flexibility index (Phi) is 3.84. The van der Waals surface area contributed by atoms with E-state index in [1.165, 1.54) is 5.56 Å². The van der Waals surface area contributed by atoms with Gasteiger partial charge in [-0.1, -0.05) is 30.3 Å². The molecule has 2 aromatic rings. The maximum Gasteiger partial charge on any atom is 0.123 e. The minimum Gasteiger partial charge on any atom is -0.508 e. The second-order valence-corrected chi connectivity index (χ2v) is 5.57. The zero-order chi connectivity index (χ0) is 14.8. The van der Waals surface area contributed by atoms with Crippen molar-refractivity contribution in [2.24, 2.45) is 0 Å². The van der Waals surface area contributed by atoms with Gasteiger partial charge in [-0.05, 0) is 43.0 Å². The second-order valence-electron chi connectivity index (χ2n) is 5.57. The van der Waals surface area contributed by atoms with E-state index in [9.17, 15) is 5.11 Å². The van der Waals surface area contributed by atoms with Gasteiger partial charge < -0.3 is 15.2 Å². The zero-order valence-corrected chi connectivity index (χ0v) is 12.5. The maximum atomic E-state index is 9.93. The molecule has 0 saturated carbocycles. The number of hydrogen-bond donors (Lipinski definition) is 2. The van der Waals surface area contributed by atoms with E-state index in [-0.39, 0.29) is 12.1 Å². The van der Waals surface area contributed by atoms with E-state index in [0.29, 0.717) is 5.75 Å². The first kappa shape index (κ1) is 14.0. The van der Waals surface area contributed by atoms with Gasteiger partial charge in [0.05, 0.1) is 7.11 Å². The average Bonchev–Trinajstić information content (AvgIpc) is 2.92. The van der Waals surface area contributed by atoms with Crippen LogP contribution in [0.1, 0.15) is 42.1 Å². The third-order valence-electron chi connectivity index (χ3n) is 4.30. The van der Waals surface area contributed by atoms with Crippen molar-refractivity contribution in [3.8, 4) is 11.5 Å². The molecule has 110 valence electrons. The summed E-state index contributed by atoms with van der Waals surface area (Å²) in [6, 6.07) is 14.4. The average molecular weight is 283 g/mol. The molecule has 0 bridgehead atoms. The Morgan fingerprint density at radius 1 is 1.19 bits per heavy atom. The molecular weight excluding hydrogens is 262 g/mol. The van der Waals surface area contributed by atoms with Gasteiger partial charge in [-0.15, -0.1) is 0 Å². The van der Waals surface area contributed by atoms with Gasteiger partial charge in [0, 0.05) is 17.6 Å². The molecule has 3 heteroatoms. The predicted molar refractivity (Wildman–Crippen MR) is 83.7 cm³/mol. The van der Waals surface area contributed by atoms with Crippen LogP contribution in [-0.4, -0.2) is 12.2 Å². The molecule has 0 aliphatic heterocycles. The van der Waals surface area contributed by atoms with Gasteiger partial charge in [0.25, 0.3) is 0 Å². The summed E-state index contributed by atoms with van der Waals surface area (Å²) in [6.07, 6.45) is 1.95. The predicted octanol–water partition coefficient (Wildman–Crippen LogP) is 3.74. The molecule has 1 aliphatic carbocycles. The monoisotopic (exact) mass is 283 g/mol. The highest BCUT2D eigenvalue weighted by Gasteiger charge is 2.26. The maximum absolute atomic E-state index is 9.93. The molecular formula is C18H21NO2. The molecule has 0 amide bonds. The highest BCUT2D eigenvalue weighted by Crippen LogP contribution is 2.38. The number of methoxy groups -OCH3 is 1. The summed E-state index contributed by atoms with van der Waals surface area (Å²) in [5.74, 6) is 1.33. The van der Waals surface area contributed by atoms with Gasteiger partial charge in [0.1, 0.15) is 11.5 Å². The molecule has 0 radical (unpaired) electrons. The molecule has 2 atom stereocenters. The number of para-hydroxylation sites is 1. The summed E-state index contributed by atoms with van der Waals surface area (Å²) in [7, 11) is 1.70. The number of rotatable bonds is 4. The first-order valence-corrected chi connectivity index (χ1v) is 7.40. The Hall–Kier alpha value is -2.00. The van der Waals surface area contributed by atoms with E-state index in [1.807, 2.05) is 24.3 Å². The lowest BCUT2D eigenvalue weighted by Crippen LogP contribution is -2.23. The highest BCUT2D eigenvalue weighted by atomic mass is 16.5. The molecule has 21 heavy (non-hydrogen) atoms. The van der Waals surface area contributed by atoms with Crippen molar-refractivity contribution in [3.05, 3.63) is 59.2 Å². The SMILES string of the molecule is COc1ccccc1C(C)NC1CCc2c(O)cccc21. The Bertz CT molecular complexity index is 639. The van der Waals surface area contributed by atoms with E-state index in [4.69, 9.17) is 4.74 Å². The number of phenolic OH excluding ortho intramolecular Hbond substituents is 1. The number of nitrogens with one attached hydrogen (secondary N) is 1. The topological polar surface area (TPSA) is 41.5 Å². The molecule has 3 nitrogen and oxygen atoms in total. The normalized spacial score (nSPS) is 18.3. The summed E-state index contributed by atoms with van der Waals surface area (Å²) >= 11 is 0. The van der Waals surface area contributed by atoms with Crippen LogP contribution in [0.4, 0.5) is 0 Å². The zero-order valence-electron chi connectivity index (χ0n) is 12.5. The smallest absolute Gasteiger partial charge is 0.123 e. The van der Waals surface area contributed by atoms with Crippen LogP contribution in [0.25, 0.3) is 0 Å². The van der Waals surface area contributed by atoms with Crippen LogP contribution in [0.3, 0.4) is 0 Å². The Morgan fingerprint density at radius 3 is 2.81 bits per heavy atom. The van der Waals surface area contributed by atoms with Gasteiger partial charge in [0.2, 0.25) is 0 Å². The summed E-state index contributed by atoms with van der Waals surface area (Å²) in [6.45, 7) is 2.15. The minimum atomic E-state index is 0.194. The highest BCUT2D eigenvalue weighted by molar-refractivity contribution is 5.44. The Morgan fingerprint density at radius 2 is 2.00 bits per heavy atom. The molecule has 0 fully saturated rings. The standard InChI is InChI=1S/C18H21NO2/c1-12(13-6-3-4-9-18(13)21-2)19-16-11-10-15-14(16)7-5-8-17(15)20/h3-9,12,16,19-20H,10-11H2,1-2H3. The van der Waals surface area contributed by atoms with Crippen molar-refractivity contribution >= 4 is 0 Å². The number of aromatic hydroxyl groups is 1. The van der Waals surface area contributed by atoms with E-state index >= 15 is 0 Å². The second kappa shape index (κ2) is 5.78. The first-order chi connectivity index (χ1) is 10.2. The van der Waals surface area contributed by atoms with Crippen molar-refractivity contribution in [1.29, 1.82) is 0 Å². The lowest BCUT2D eigenvalue weighted by molar-refractivity contribution is 0.393. The van der Waals surface area contributed by atoms with Crippen molar-refractivity contribution < 1.29 is 9.84 Å². The molecule has 0 heterocycles. The van der Waals surface area contributed by atoms with Gasteiger partial charge >= 0.3 is 0 Å². The van der Waals surface area contributed by atoms with Crippen LogP contribution < -0.4 is 10.1 Å². The van der Waals surface area contributed by atoms with Crippen LogP contribution in [0, 0.1) is 0 Å². The third-order valence-corrected chi connectivity index (χ3v) is 4.30.